The smallest absolute Gasteiger partial charge is 0.272 e. The number of hydrogen-bond acceptors (Lipinski definition) is 7. The highest BCUT2D eigenvalue weighted by Gasteiger charge is 2.17. The third-order valence-electron chi connectivity index (χ3n) is 5.51. The van der Waals surface area contributed by atoms with Crippen molar-refractivity contribution in [3.63, 3.8) is 0 Å². The summed E-state index contributed by atoms with van der Waals surface area (Å²) in [5, 5.41) is 11.3. The number of ether oxygens (including phenoxy) is 3. The summed E-state index contributed by atoms with van der Waals surface area (Å²) in [5.41, 5.74) is -0.427. The van der Waals surface area contributed by atoms with E-state index in [4.69, 9.17) is 14.2 Å². The Bertz CT molecular complexity index is 1220. The molecule has 2 aromatic carbocycles. The molecular formula is C23H24FN3O6. The van der Waals surface area contributed by atoms with Gasteiger partial charge in [0.15, 0.2) is 23.1 Å². The van der Waals surface area contributed by atoms with Gasteiger partial charge in [0.2, 0.25) is 0 Å². The van der Waals surface area contributed by atoms with Crippen LogP contribution in [-0.4, -0.2) is 48.2 Å². The fraction of sp³-hybridized carbons (Fsp3) is 0.348. The van der Waals surface area contributed by atoms with Gasteiger partial charge in [0.05, 0.1) is 30.2 Å². The monoisotopic (exact) mass is 457 g/mol. The number of aromatic nitrogens is 1. The Morgan fingerprint density at radius 2 is 1.88 bits per heavy atom. The van der Waals surface area contributed by atoms with Crippen LogP contribution >= 0.6 is 0 Å². The summed E-state index contributed by atoms with van der Waals surface area (Å²) in [6, 6.07) is 7.50. The van der Waals surface area contributed by atoms with Crippen molar-refractivity contribution in [2.75, 3.05) is 33.4 Å². The number of halogens is 1. The van der Waals surface area contributed by atoms with Gasteiger partial charge < -0.3 is 24.1 Å². The van der Waals surface area contributed by atoms with Gasteiger partial charge in [-0.25, -0.2) is 4.39 Å². The molecule has 1 aromatic heterocycles. The SMILES string of the molecule is COc1cc2c(Oc3ccc([N+](=O)[O-])cc3F)cc(=O)[nH]c2cc1OCCCN1CCCC1. The number of hydrogen-bond donors (Lipinski definition) is 1. The highest BCUT2D eigenvalue weighted by atomic mass is 19.1. The number of benzene rings is 2. The first-order chi connectivity index (χ1) is 15.9. The predicted octanol–water partition coefficient (Wildman–Crippen LogP) is 4.24. The van der Waals surface area contributed by atoms with Crippen LogP contribution in [0.15, 0.2) is 41.2 Å². The molecule has 1 aliphatic heterocycles. The number of aromatic amines is 1. The number of non-ortho nitro benzene ring substituents is 1. The molecule has 3 aromatic rings. The van der Waals surface area contributed by atoms with Gasteiger partial charge >= 0.3 is 0 Å². The lowest BCUT2D eigenvalue weighted by Gasteiger charge is -2.16. The molecule has 1 aliphatic rings. The lowest BCUT2D eigenvalue weighted by molar-refractivity contribution is -0.385. The van der Waals surface area contributed by atoms with Crippen molar-refractivity contribution < 1.29 is 23.5 Å². The second-order valence-corrected chi connectivity index (χ2v) is 7.77. The number of H-pyrrole nitrogens is 1. The Hall–Kier alpha value is -3.66. The van der Waals surface area contributed by atoms with Gasteiger partial charge in [-0.3, -0.25) is 14.9 Å². The van der Waals surface area contributed by atoms with Gasteiger partial charge in [-0.15, -0.1) is 0 Å². The van der Waals surface area contributed by atoms with Gasteiger partial charge in [0.25, 0.3) is 11.2 Å². The van der Waals surface area contributed by atoms with Crippen molar-refractivity contribution in [1.82, 2.24) is 9.88 Å². The first kappa shape index (κ1) is 22.5. The number of methoxy groups -OCH3 is 1. The van der Waals surface area contributed by atoms with Crippen LogP contribution in [0.4, 0.5) is 10.1 Å². The van der Waals surface area contributed by atoms with E-state index in [-0.39, 0.29) is 11.5 Å². The number of rotatable bonds is 9. The minimum absolute atomic E-state index is 0.0837. The maximum absolute atomic E-state index is 14.3. The van der Waals surface area contributed by atoms with Crippen LogP contribution in [0.3, 0.4) is 0 Å². The Balaban J connectivity index is 1.58. The van der Waals surface area contributed by atoms with Crippen LogP contribution in [0.25, 0.3) is 10.9 Å². The lowest BCUT2D eigenvalue weighted by Crippen LogP contribution is -2.21. The largest absolute Gasteiger partial charge is 0.493 e. The number of nitro groups is 1. The third-order valence-corrected chi connectivity index (χ3v) is 5.51. The molecule has 0 radical (unpaired) electrons. The van der Waals surface area contributed by atoms with E-state index in [1.54, 1.807) is 12.1 Å². The molecule has 0 bridgehead atoms. The zero-order valence-corrected chi connectivity index (χ0v) is 18.1. The molecule has 0 unspecified atom stereocenters. The zero-order valence-electron chi connectivity index (χ0n) is 18.1. The number of nitrogens with zero attached hydrogens (tertiary/aromatic N) is 2. The first-order valence-corrected chi connectivity index (χ1v) is 10.7. The summed E-state index contributed by atoms with van der Waals surface area (Å²) >= 11 is 0. The Labute approximate surface area is 188 Å². The second-order valence-electron chi connectivity index (χ2n) is 7.77. The molecule has 10 heteroatoms. The average molecular weight is 457 g/mol. The van der Waals surface area contributed by atoms with Gasteiger partial charge in [0, 0.05) is 30.1 Å². The van der Waals surface area contributed by atoms with E-state index in [0.717, 1.165) is 44.3 Å². The summed E-state index contributed by atoms with van der Waals surface area (Å²) in [6.07, 6.45) is 3.34. The van der Waals surface area contributed by atoms with Crippen LogP contribution in [0.2, 0.25) is 0 Å². The summed E-state index contributed by atoms with van der Waals surface area (Å²) in [7, 11) is 1.50. The fourth-order valence-electron chi connectivity index (χ4n) is 3.87. The molecule has 33 heavy (non-hydrogen) atoms. The van der Waals surface area contributed by atoms with Crippen molar-refractivity contribution >= 4 is 16.6 Å². The molecule has 1 N–H and O–H groups in total. The zero-order chi connectivity index (χ0) is 23.4. The minimum atomic E-state index is -0.914. The van der Waals surface area contributed by atoms with E-state index in [2.05, 4.69) is 9.88 Å². The first-order valence-electron chi connectivity index (χ1n) is 10.7. The maximum atomic E-state index is 14.3. The van der Waals surface area contributed by atoms with Crippen LogP contribution in [0.1, 0.15) is 19.3 Å². The lowest BCUT2D eigenvalue weighted by atomic mass is 10.1. The summed E-state index contributed by atoms with van der Waals surface area (Å²) in [4.78, 5) is 27.4. The van der Waals surface area contributed by atoms with E-state index in [0.29, 0.717) is 29.0 Å². The van der Waals surface area contributed by atoms with Crippen LogP contribution < -0.4 is 19.8 Å². The van der Waals surface area contributed by atoms with Crippen molar-refractivity contribution in [3.8, 4) is 23.0 Å². The number of nitrogens with one attached hydrogen (secondary N) is 1. The van der Waals surface area contributed by atoms with Gasteiger partial charge in [0.1, 0.15) is 5.75 Å². The quantitative estimate of drug-likeness (QED) is 0.291. The van der Waals surface area contributed by atoms with Crippen molar-refractivity contribution in [1.29, 1.82) is 0 Å². The van der Waals surface area contributed by atoms with E-state index in [1.165, 1.54) is 26.0 Å². The summed E-state index contributed by atoms with van der Waals surface area (Å²) in [5.74, 6) is -0.165. The number of pyridine rings is 1. The van der Waals surface area contributed by atoms with E-state index in [9.17, 15) is 19.3 Å². The van der Waals surface area contributed by atoms with Gasteiger partial charge in [-0.05, 0) is 44.5 Å². The van der Waals surface area contributed by atoms with Crippen LogP contribution in [-0.2, 0) is 0 Å². The third kappa shape index (κ3) is 5.23. The predicted molar refractivity (Wildman–Crippen MR) is 120 cm³/mol. The van der Waals surface area contributed by atoms with E-state index < -0.39 is 22.0 Å². The second kappa shape index (κ2) is 9.86. The normalized spacial score (nSPS) is 13.9. The molecule has 1 fully saturated rings. The number of fused-ring (bicyclic) bond motifs is 1. The molecular weight excluding hydrogens is 433 g/mol. The standard InChI is InChI=1S/C23H24FN3O6/c1-31-21-12-16-18(13-22(21)32-10-4-9-26-7-2-3-8-26)25-23(28)14-20(16)33-19-6-5-15(27(29)30)11-17(19)24/h5-6,11-14H,2-4,7-10H2,1H3,(H,25,28). The fourth-order valence-corrected chi connectivity index (χ4v) is 3.87. The van der Waals surface area contributed by atoms with E-state index in [1.807, 2.05) is 0 Å². The molecule has 0 amide bonds. The topological polar surface area (TPSA) is 107 Å². The number of nitro benzene ring substituents is 1. The Kier molecular flexibility index (Phi) is 6.74. The molecule has 0 atom stereocenters. The minimum Gasteiger partial charge on any atom is -0.493 e. The molecule has 0 aliphatic carbocycles. The maximum Gasteiger partial charge on any atom is 0.272 e. The van der Waals surface area contributed by atoms with Crippen molar-refractivity contribution in [3.05, 3.63) is 62.7 Å². The Morgan fingerprint density at radius 3 is 2.58 bits per heavy atom. The van der Waals surface area contributed by atoms with Crippen molar-refractivity contribution in [2.45, 2.75) is 19.3 Å². The summed E-state index contributed by atoms with van der Waals surface area (Å²) in [6.45, 7) is 3.70. The Morgan fingerprint density at radius 1 is 1.09 bits per heavy atom. The molecule has 2 heterocycles. The van der Waals surface area contributed by atoms with Gasteiger partial charge in [-0.1, -0.05) is 0 Å². The summed E-state index contributed by atoms with van der Waals surface area (Å²) < 4.78 is 31.3. The molecule has 1 saturated heterocycles. The number of likely N-dealkylation sites (tertiary alicyclic amines) is 1. The molecule has 174 valence electrons. The van der Waals surface area contributed by atoms with Crippen LogP contribution in [0.5, 0.6) is 23.0 Å². The van der Waals surface area contributed by atoms with Crippen molar-refractivity contribution in [2.24, 2.45) is 0 Å². The van der Waals surface area contributed by atoms with Gasteiger partial charge in [-0.2, -0.15) is 0 Å². The molecule has 0 saturated carbocycles. The van der Waals surface area contributed by atoms with Crippen LogP contribution in [0, 0.1) is 15.9 Å². The average Bonchev–Trinajstić information content (AvgIpc) is 3.31. The molecule has 4 rings (SSSR count). The van der Waals surface area contributed by atoms with E-state index >= 15 is 0 Å². The molecule has 9 nitrogen and oxygen atoms in total. The highest BCUT2D eigenvalue weighted by molar-refractivity contribution is 5.88. The highest BCUT2D eigenvalue weighted by Crippen LogP contribution is 2.37. The molecule has 0 spiro atoms.